The molecular formula is C35H41ClFN5O8S. The summed E-state index contributed by atoms with van der Waals surface area (Å²) in [6, 6.07) is 6.09. The van der Waals surface area contributed by atoms with E-state index in [2.05, 4.69) is 15.4 Å². The van der Waals surface area contributed by atoms with Crippen LogP contribution in [0.25, 0.3) is 0 Å². The summed E-state index contributed by atoms with van der Waals surface area (Å²) in [5.74, 6) is -2.18. The lowest BCUT2D eigenvalue weighted by molar-refractivity contribution is -0.141. The molecule has 4 amide bonds. The molecule has 4 heterocycles. The molecule has 1 saturated heterocycles. The van der Waals surface area contributed by atoms with Crippen LogP contribution in [0.4, 0.5) is 9.18 Å². The molecule has 5 atom stereocenters. The van der Waals surface area contributed by atoms with E-state index in [0.717, 1.165) is 19.3 Å². The lowest BCUT2D eigenvalue weighted by atomic mass is 10.0. The van der Waals surface area contributed by atoms with Crippen molar-refractivity contribution < 1.29 is 41.1 Å². The fourth-order valence-electron chi connectivity index (χ4n) is 7.30. The van der Waals surface area contributed by atoms with Crippen LogP contribution in [0.5, 0.6) is 0 Å². The minimum Gasteiger partial charge on any atom is -0.448 e. The van der Waals surface area contributed by atoms with Gasteiger partial charge in [0.15, 0.2) is 5.22 Å². The average Bonchev–Trinajstić information content (AvgIpc) is 3.91. The van der Waals surface area contributed by atoms with E-state index in [1.165, 1.54) is 15.9 Å². The van der Waals surface area contributed by atoms with E-state index in [0.29, 0.717) is 42.6 Å². The molecule has 2 saturated carbocycles. The molecule has 0 radical (unpaired) electrons. The van der Waals surface area contributed by atoms with Crippen molar-refractivity contribution in [3.63, 3.8) is 0 Å². The van der Waals surface area contributed by atoms with Crippen molar-refractivity contribution in [1.82, 2.24) is 25.2 Å². The standard InChI is InChI=1S/C35H41ClFN5O8S/c36-30-14-11-23(49-30)17-38-28-10-5-3-1-2-4-8-22-16-35(22,33(45)40-51(47,48)25-12-13-25)39-31(43)29-15-24(19-42(29)32(28)44)50-34(46)41-18-21-7-6-9-27(37)26(21)20-41/h4,6-9,11,14,22,24-25,28-29,38H,1-3,5,10,12-13,15-20H2,(H,39,43)(H,40,45)/b8-4-/t22-,24-,28+,29+,35-/m1/s1. The summed E-state index contributed by atoms with van der Waals surface area (Å²) < 4.78 is 53.4. The zero-order valence-electron chi connectivity index (χ0n) is 27.9. The van der Waals surface area contributed by atoms with Crippen molar-refractivity contribution in [3.05, 3.63) is 70.4 Å². The molecule has 16 heteroatoms. The highest BCUT2D eigenvalue weighted by atomic mass is 35.5. The number of sulfonamides is 1. The van der Waals surface area contributed by atoms with Gasteiger partial charge in [-0.15, -0.1) is 0 Å². The number of hydrogen-bond donors (Lipinski definition) is 3. The smallest absolute Gasteiger partial charge is 0.410 e. The number of furan rings is 1. The van der Waals surface area contributed by atoms with Crippen LogP contribution >= 0.6 is 11.6 Å². The third-order valence-electron chi connectivity index (χ3n) is 10.4. The maximum absolute atomic E-state index is 14.4. The van der Waals surface area contributed by atoms with Crippen molar-refractivity contribution in [1.29, 1.82) is 0 Å². The number of nitrogens with zero attached hydrogens (tertiary/aromatic N) is 2. The maximum atomic E-state index is 14.4. The first-order chi connectivity index (χ1) is 24.4. The third-order valence-corrected chi connectivity index (χ3v) is 12.5. The molecule has 3 fully saturated rings. The number of ether oxygens (including phenoxy) is 1. The van der Waals surface area contributed by atoms with E-state index in [1.54, 1.807) is 24.3 Å². The summed E-state index contributed by atoms with van der Waals surface area (Å²) in [5.41, 5.74) is -0.427. The largest absolute Gasteiger partial charge is 0.448 e. The van der Waals surface area contributed by atoms with E-state index in [-0.39, 0.29) is 44.2 Å². The van der Waals surface area contributed by atoms with Crippen LogP contribution in [-0.4, -0.2) is 77.6 Å². The molecule has 13 nitrogen and oxygen atoms in total. The van der Waals surface area contributed by atoms with Gasteiger partial charge in [-0.2, -0.15) is 0 Å². The van der Waals surface area contributed by atoms with Crippen LogP contribution in [-0.2, 0) is 48.8 Å². The Kier molecular flexibility index (Phi) is 9.89. The normalized spacial score (nSPS) is 28.8. The Morgan fingerprint density at radius 3 is 2.67 bits per heavy atom. The van der Waals surface area contributed by atoms with Gasteiger partial charge in [0.1, 0.15) is 29.3 Å². The fraction of sp³-hybridized carbons (Fsp3) is 0.543. The predicted octanol–water partition coefficient (Wildman–Crippen LogP) is 3.66. The molecule has 3 N–H and O–H groups in total. The van der Waals surface area contributed by atoms with Gasteiger partial charge in [0.25, 0.3) is 5.91 Å². The first-order valence-electron chi connectivity index (χ1n) is 17.5. The van der Waals surface area contributed by atoms with Crippen LogP contribution in [0.3, 0.4) is 0 Å². The number of amides is 4. The molecule has 2 aliphatic carbocycles. The Bertz CT molecular complexity index is 1850. The molecule has 3 aliphatic heterocycles. The van der Waals surface area contributed by atoms with Gasteiger partial charge in [0.05, 0.1) is 30.9 Å². The van der Waals surface area contributed by atoms with Crippen LogP contribution in [0.1, 0.15) is 74.7 Å². The van der Waals surface area contributed by atoms with E-state index in [9.17, 15) is 32.0 Å². The monoisotopic (exact) mass is 745 g/mol. The minimum atomic E-state index is -3.89. The van der Waals surface area contributed by atoms with E-state index in [4.69, 9.17) is 20.8 Å². The van der Waals surface area contributed by atoms with Crippen molar-refractivity contribution in [2.45, 2.75) is 106 Å². The number of hydrogen-bond acceptors (Lipinski definition) is 9. The molecule has 0 unspecified atom stereocenters. The first kappa shape index (κ1) is 35.5. The van der Waals surface area contributed by atoms with Gasteiger partial charge in [-0.25, -0.2) is 17.6 Å². The van der Waals surface area contributed by atoms with Crippen molar-refractivity contribution in [2.24, 2.45) is 5.92 Å². The van der Waals surface area contributed by atoms with Crippen molar-refractivity contribution in [3.8, 4) is 0 Å². The second kappa shape index (κ2) is 14.2. The van der Waals surface area contributed by atoms with E-state index < -0.39 is 74.5 Å². The number of rotatable bonds is 7. The predicted molar refractivity (Wildman–Crippen MR) is 182 cm³/mol. The number of allylic oxidation sites excluding steroid dienone is 1. The number of halogens is 2. The van der Waals surface area contributed by atoms with Crippen LogP contribution in [0.15, 0.2) is 46.9 Å². The zero-order valence-corrected chi connectivity index (χ0v) is 29.5. The summed E-state index contributed by atoms with van der Waals surface area (Å²) in [5, 5.41) is 5.65. The number of carbonyl (C=O) groups is 4. The van der Waals surface area contributed by atoms with Crippen molar-refractivity contribution in [2.75, 3.05) is 6.54 Å². The van der Waals surface area contributed by atoms with Gasteiger partial charge in [-0.3, -0.25) is 29.3 Å². The van der Waals surface area contributed by atoms with Crippen LogP contribution in [0, 0.1) is 11.7 Å². The summed E-state index contributed by atoms with van der Waals surface area (Å²) in [4.78, 5) is 58.2. The molecule has 7 rings (SSSR count). The molecule has 51 heavy (non-hydrogen) atoms. The zero-order chi connectivity index (χ0) is 35.9. The number of nitrogens with one attached hydrogen (secondary N) is 3. The van der Waals surface area contributed by atoms with Gasteiger partial charge in [0, 0.05) is 24.4 Å². The third kappa shape index (κ3) is 7.65. The molecular weight excluding hydrogens is 705 g/mol. The fourth-order valence-corrected chi connectivity index (χ4v) is 8.83. The summed E-state index contributed by atoms with van der Waals surface area (Å²) >= 11 is 5.96. The Labute approximate surface area is 300 Å². The summed E-state index contributed by atoms with van der Waals surface area (Å²) in [6.07, 6.45) is 6.80. The maximum Gasteiger partial charge on any atom is 0.410 e. The molecule has 0 spiro atoms. The molecule has 0 bridgehead atoms. The summed E-state index contributed by atoms with van der Waals surface area (Å²) in [7, 11) is -3.89. The molecule has 1 aromatic heterocycles. The Balaban J connectivity index is 1.13. The van der Waals surface area contributed by atoms with E-state index in [1.807, 2.05) is 12.2 Å². The van der Waals surface area contributed by atoms with Gasteiger partial charge in [-0.05, 0) is 73.9 Å². The SMILES string of the molecule is O=C1N[C@]2(C(=O)NS(=O)(=O)C3CC3)C[C@H]2/C=C\CCCCC[C@H](NCc2ccc(Cl)o2)C(=O)N2C[C@H](OC(=O)N3Cc4cccc(F)c4C3)C[C@@H]12. The molecule has 5 aliphatic rings. The average molecular weight is 746 g/mol. The molecule has 1 aromatic carbocycles. The lowest BCUT2D eigenvalue weighted by Crippen LogP contribution is -2.58. The van der Waals surface area contributed by atoms with Gasteiger partial charge in [-0.1, -0.05) is 37.1 Å². The quantitative estimate of drug-likeness (QED) is 0.359. The van der Waals surface area contributed by atoms with Crippen LogP contribution in [0.2, 0.25) is 5.22 Å². The van der Waals surface area contributed by atoms with Gasteiger partial charge < -0.3 is 19.4 Å². The second-order valence-corrected chi connectivity index (χ2v) is 16.5. The topological polar surface area (TPSA) is 167 Å². The Hall–Kier alpha value is -3.95. The van der Waals surface area contributed by atoms with E-state index >= 15 is 0 Å². The summed E-state index contributed by atoms with van der Waals surface area (Å²) in [6.45, 7) is 0.284. The Morgan fingerprint density at radius 2 is 1.92 bits per heavy atom. The lowest BCUT2D eigenvalue weighted by Gasteiger charge is -2.30. The van der Waals surface area contributed by atoms with Crippen LogP contribution < -0.4 is 15.4 Å². The molecule has 274 valence electrons. The van der Waals surface area contributed by atoms with Gasteiger partial charge >= 0.3 is 6.09 Å². The number of benzene rings is 1. The minimum absolute atomic E-state index is 0.0270. The van der Waals surface area contributed by atoms with Crippen molar-refractivity contribution >= 4 is 45.4 Å². The molecule has 2 aromatic rings. The highest BCUT2D eigenvalue weighted by Crippen LogP contribution is 2.46. The number of fused-ring (bicyclic) bond motifs is 3. The Morgan fingerprint density at radius 1 is 1.10 bits per heavy atom. The second-order valence-electron chi connectivity index (χ2n) is 14.1. The van der Waals surface area contributed by atoms with Gasteiger partial charge in [0.2, 0.25) is 21.8 Å². The highest BCUT2D eigenvalue weighted by Gasteiger charge is 2.62. The first-order valence-corrected chi connectivity index (χ1v) is 19.4. The number of carbonyl (C=O) groups excluding carboxylic acids is 4. The highest BCUT2D eigenvalue weighted by molar-refractivity contribution is 7.91.